The molecule has 18 heavy (non-hydrogen) atoms. The van der Waals surface area contributed by atoms with Crippen LogP contribution in [0.15, 0.2) is 24.3 Å². The van der Waals surface area contributed by atoms with E-state index in [-0.39, 0.29) is 5.91 Å². The molecule has 1 aromatic rings. The molecule has 0 heterocycles. The molecule has 0 aliphatic heterocycles. The number of hydrogen-bond donors (Lipinski definition) is 0. The highest BCUT2D eigenvalue weighted by molar-refractivity contribution is 5.95. The number of nitriles is 1. The van der Waals surface area contributed by atoms with E-state index < -0.39 is 0 Å². The van der Waals surface area contributed by atoms with Gasteiger partial charge in [0, 0.05) is 25.8 Å². The molecule has 1 aromatic carbocycles. The van der Waals surface area contributed by atoms with E-state index in [1.807, 2.05) is 31.2 Å². The fourth-order valence-corrected chi connectivity index (χ4v) is 1.68. The molecule has 0 radical (unpaired) electrons. The van der Waals surface area contributed by atoms with Gasteiger partial charge in [0.15, 0.2) is 0 Å². The molecule has 0 aliphatic carbocycles. The second kappa shape index (κ2) is 7.46. The Bertz CT molecular complexity index is 438. The van der Waals surface area contributed by atoms with E-state index in [0.29, 0.717) is 31.7 Å². The van der Waals surface area contributed by atoms with Crippen molar-refractivity contribution in [3.8, 4) is 6.07 Å². The first-order chi connectivity index (χ1) is 8.70. The number of carbonyl (C=O) groups is 1. The summed E-state index contributed by atoms with van der Waals surface area (Å²) in [4.78, 5) is 14.0. The van der Waals surface area contributed by atoms with E-state index in [0.717, 1.165) is 5.56 Å². The van der Waals surface area contributed by atoms with Crippen molar-refractivity contribution < 1.29 is 9.53 Å². The van der Waals surface area contributed by atoms with Crippen LogP contribution in [0.2, 0.25) is 0 Å². The van der Waals surface area contributed by atoms with Gasteiger partial charge in [0.1, 0.15) is 0 Å². The third kappa shape index (κ3) is 3.86. The third-order valence-electron chi connectivity index (χ3n) is 2.72. The molecule has 4 heteroatoms. The van der Waals surface area contributed by atoms with Crippen LogP contribution in [0.3, 0.4) is 0 Å². The summed E-state index contributed by atoms with van der Waals surface area (Å²) in [5.74, 6) is -0.0413. The summed E-state index contributed by atoms with van der Waals surface area (Å²) >= 11 is 0. The second-order valence-corrected chi connectivity index (χ2v) is 4.01. The monoisotopic (exact) mass is 246 g/mol. The van der Waals surface area contributed by atoms with Crippen LogP contribution in [0.25, 0.3) is 0 Å². The van der Waals surface area contributed by atoms with Crippen LogP contribution in [-0.4, -0.2) is 37.6 Å². The van der Waals surface area contributed by atoms with Gasteiger partial charge in [-0.05, 0) is 18.6 Å². The van der Waals surface area contributed by atoms with Crippen LogP contribution >= 0.6 is 0 Å². The van der Waals surface area contributed by atoms with Gasteiger partial charge >= 0.3 is 0 Å². The van der Waals surface area contributed by atoms with Gasteiger partial charge in [-0.3, -0.25) is 4.79 Å². The molecule has 1 rings (SSSR count). The van der Waals surface area contributed by atoms with Crippen molar-refractivity contribution in [1.82, 2.24) is 4.90 Å². The maximum Gasteiger partial charge on any atom is 0.254 e. The minimum atomic E-state index is -0.0413. The fourth-order valence-electron chi connectivity index (χ4n) is 1.68. The molecule has 0 N–H and O–H groups in total. The van der Waals surface area contributed by atoms with Gasteiger partial charge in [0.2, 0.25) is 0 Å². The van der Waals surface area contributed by atoms with Gasteiger partial charge in [0.05, 0.1) is 19.1 Å². The molecule has 96 valence electrons. The lowest BCUT2D eigenvalue weighted by Crippen LogP contribution is -2.35. The normalized spacial score (nSPS) is 9.83. The van der Waals surface area contributed by atoms with Crippen LogP contribution < -0.4 is 0 Å². The molecular weight excluding hydrogens is 228 g/mol. The maximum atomic E-state index is 12.3. The van der Waals surface area contributed by atoms with Gasteiger partial charge in [-0.2, -0.15) is 5.26 Å². The van der Waals surface area contributed by atoms with Crippen LogP contribution in [0.5, 0.6) is 0 Å². The molecule has 4 nitrogen and oxygen atoms in total. The summed E-state index contributed by atoms with van der Waals surface area (Å²) in [5.41, 5.74) is 1.63. The summed E-state index contributed by atoms with van der Waals surface area (Å²) in [6.45, 7) is 3.33. The molecule has 0 atom stereocenters. The molecule has 0 aliphatic rings. The number of carbonyl (C=O) groups excluding carboxylic acids is 1. The Morgan fingerprint density at radius 1 is 1.39 bits per heavy atom. The minimum Gasteiger partial charge on any atom is -0.383 e. The number of hydrogen-bond acceptors (Lipinski definition) is 3. The number of aryl methyl sites for hydroxylation is 1. The standard InChI is InChI=1S/C14H18N2O2/c1-12-6-3-4-7-13(12)14(17)16(9-5-8-15)10-11-18-2/h3-4,6-7H,5,9-11H2,1-2H3. The molecule has 0 bridgehead atoms. The lowest BCUT2D eigenvalue weighted by Gasteiger charge is -2.22. The summed E-state index contributed by atoms with van der Waals surface area (Å²) in [6, 6.07) is 9.53. The van der Waals surface area contributed by atoms with Crippen LogP contribution in [0, 0.1) is 18.3 Å². The van der Waals surface area contributed by atoms with E-state index in [1.54, 1.807) is 12.0 Å². The summed E-state index contributed by atoms with van der Waals surface area (Å²) in [6.07, 6.45) is 0.335. The predicted molar refractivity (Wildman–Crippen MR) is 69.2 cm³/mol. The summed E-state index contributed by atoms with van der Waals surface area (Å²) in [5, 5.41) is 8.63. The Hall–Kier alpha value is -1.86. The predicted octanol–water partition coefficient (Wildman–Crippen LogP) is 2.00. The third-order valence-corrected chi connectivity index (χ3v) is 2.72. The van der Waals surface area contributed by atoms with Gasteiger partial charge in [0.25, 0.3) is 5.91 Å². The Morgan fingerprint density at radius 2 is 2.11 bits per heavy atom. The Kier molecular flexibility index (Phi) is 5.89. The Morgan fingerprint density at radius 3 is 2.72 bits per heavy atom. The zero-order chi connectivity index (χ0) is 13.4. The number of rotatable bonds is 6. The van der Waals surface area contributed by atoms with Crippen molar-refractivity contribution in [2.75, 3.05) is 26.8 Å². The molecule has 0 saturated heterocycles. The zero-order valence-corrected chi connectivity index (χ0v) is 10.8. The highest BCUT2D eigenvalue weighted by atomic mass is 16.5. The number of amides is 1. The highest BCUT2D eigenvalue weighted by Gasteiger charge is 2.16. The van der Waals surface area contributed by atoms with Crippen molar-refractivity contribution in [3.63, 3.8) is 0 Å². The van der Waals surface area contributed by atoms with Gasteiger partial charge in [-0.15, -0.1) is 0 Å². The van der Waals surface area contributed by atoms with Crippen molar-refractivity contribution in [2.24, 2.45) is 0 Å². The van der Waals surface area contributed by atoms with E-state index in [9.17, 15) is 4.79 Å². The second-order valence-electron chi connectivity index (χ2n) is 4.01. The van der Waals surface area contributed by atoms with Crippen molar-refractivity contribution >= 4 is 5.91 Å². The van der Waals surface area contributed by atoms with Crippen LogP contribution in [0.4, 0.5) is 0 Å². The number of methoxy groups -OCH3 is 1. The summed E-state index contributed by atoms with van der Waals surface area (Å²) < 4.78 is 4.99. The number of nitrogens with zero attached hydrogens (tertiary/aromatic N) is 2. The van der Waals surface area contributed by atoms with Gasteiger partial charge in [-0.1, -0.05) is 18.2 Å². The van der Waals surface area contributed by atoms with Crippen molar-refractivity contribution in [3.05, 3.63) is 35.4 Å². The Labute approximate surface area is 108 Å². The SMILES string of the molecule is COCCN(CCC#N)C(=O)c1ccccc1C. The first kappa shape index (κ1) is 14.2. The maximum absolute atomic E-state index is 12.3. The van der Waals surface area contributed by atoms with Crippen molar-refractivity contribution in [1.29, 1.82) is 5.26 Å². The average molecular weight is 246 g/mol. The van der Waals surface area contributed by atoms with E-state index >= 15 is 0 Å². The molecule has 0 aromatic heterocycles. The quantitative estimate of drug-likeness (QED) is 0.771. The smallest absolute Gasteiger partial charge is 0.254 e. The fraction of sp³-hybridized carbons (Fsp3) is 0.429. The lowest BCUT2D eigenvalue weighted by molar-refractivity contribution is 0.0699. The topological polar surface area (TPSA) is 53.3 Å². The molecule has 0 fully saturated rings. The molecule has 0 saturated carbocycles. The van der Waals surface area contributed by atoms with Crippen molar-refractivity contribution in [2.45, 2.75) is 13.3 Å². The zero-order valence-electron chi connectivity index (χ0n) is 10.8. The van der Waals surface area contributed by atoms with Crippen LogP contribution in [0.1, 0.15) is 22.3 Å². The van der Waals surface area contributed by atoms with Gasteiger partial charge < -0.3 is 9.64 Å². The summed E-state index contributed by atoms with van der Waals surface area (Å²) in [7, 11) is 1.60. The highest BCUT2D eigenvalue weighted by Crippen LogP contribution is 2.10. The largest absolute Gasteiger partial charge is 0.383 e. The molecule has 0 unspecified atom stereocenters. The molecular formula is C14H18N2O2. The first-order valence-corrected chi connectivity index (χ1v) is 5.91. The van der Waals surface area contributed by atoms with E-state index in [1.165, 1.54) is 0 Å². The minimum absolute atomic E-state index is 0.0413. The molecule has 1 amide bonds. The average Bonchev–Trinajstić information content (AvgIpc) is 2.39. The van der Waals surface area contributed by atoms with Gasteiger partial charge in [-0.25, -0.2) is 0 Å². The number of benzene rings is 1. The first-order valence-electron chi connectivity index (χ1n) is 5.91. The Balaban J connectivity index is 2.81. The number of ether oxygens (including phenoxy) is 1. The van der Waals surface area contributed by atoms with E-state index in [2.05, 4.69) is 6.07 Å². The molecule has 0 spiro atoms. The van der Waals surface area contributed by atoms with Crippen LogP contribution in [-0.2, 0) is 4.74 Å². The van der Waals surface area contributed by atoms with E-state index in [4.69, 9.17) is 10.00 Å². The lowest BCUT2D eigenvalue weighted by atomic mass is 10.1.